The van der Waals surface area contributed by atoms with Gasteiger partial charge in [0.05, 0.1) is 24.7 Å². The molecule has 2 aromatic heterocycles. The van der Waals surface area contributed by atoms with Crippen LogP contribution in [-0.2, 0) is 17.9 Å². The summed E-state index contributed by atoms with van der Waals surface area (Å²) in [5.74, 6) is 1.60. The molecule has 0 radical (unpaired) electrons. The van der Waals surface area contributed by atoms with Gasteiger partial charge in [0.1, 0.15) is 11.6 Å². The summed E-state index contributed by atoms with van der Waals surface area (Å²) in [6.45, 7) is 1.03. The maximum atomic E-state index is 12.2. The van der Waals surface area contributed by atoms with Gasteiger partial charge in [-0.2, -0.15) is 0 Å². The molecule has 0 spiro atoms. The molecule has 6 nitrogen and oxygen atoms in total. The number of methoxy groups -OCH3 is 1. The van der Waals surface area contributed by atoms with Gasteiger partial charge in [-0.3, -0.25) is 4.79 Å². The van der Waals surface area contributed by atoms with E-state index < -0.39 is 0 Å². The number of imidazole rings is 1. The fraction of sp³-hybridized carbons (Fsp3) is 0.200. The summed E-state index contributed by atoms with van der Waals surface area (Å²) in [6.07, 6.45) is 2.41. The minimum atomic E-state index is 0.000757. The van der Waals surface area contributed by atoms with E-state index in [1.54, 1.807) is 7.11 Å². The third kappa shape index (κ3) is 3.26. The van der Waals surface area contributed by atoms with Crippen LogP contribution in [0, 0.1) is 0 Å². The van der Waals surface area contributed by atoms with Gasteiger partial charge in [-0.05, 0) is 36.4 Å². The van der Waals surface area contributed by atoms with Crippen molar-refractivity contribution in [2.24, 2.45) is 0 Å². The molecule has 6 heteroatoms. The van der Waals surface area contributed by atoms with Crippen molar-refractivity contribution in [3.63, 3.8) is 0 Å². The molecule has 2 heterocycles. The predicted molar refractivity (Wildman–Crippen MR) is 101 cm³/mol. The van der Waals surface area contributed by atoms with E-state index in [9.17, 15) is 4.79 Å². The molecular formula is C20H20N4O2. The average molecular weight is 348 g/mol. The standard InChI is InChI=1S/C20H20N4O2/c1-26-15-6-7-18-14(12-15)8-10-24(18)11-9-20(25)21-13-19-22-16-4-2-3-5-17(16)23-19/h2-8,10,12H,9,11,13H2,1H3,(H,21,25)(H,22,23). The van der Waals surface area contributed by atoms with Crippen molar-refractivity contribution < 1.29 is 9.53 Å². The first-order chi connectivity index (χ1) is 12.7. The van der Waals surface area contributed by atoms with Crippen molar-refractivity contribution in [1.29, 1.82) is 0 Å². The first-order valence-corrected chi connectivity index (χ1v) is 8.56. The number of benzene rings is 2. The molecule has 4 rings (SSSR count). The Morgan fingerprint density at radius 2 is 2.12 bits per heavy atom. The number of H-pyrrole nitrogens is 1. The third-order valence-corrected chi connectivity index (χ3v) is 4.45. The second-order valence-corrected chi connectivity index (χ2v) is 6.16. The Balaban J connectivity index is 1.35. The topological polar surface area (TPSA) is 71.9 Å². The molecule has 2 aromatic carbocycles. The van der Waals surface area contributed by atoms with Crippen molar-refractivity contribution in [2.75, 3.05) is 7.11 Å². The Kier molecular flexibility index (Phi) is 4.31. The van der Waals surface area contributed by atoms with Gasteiger partial charge in [0.2, 0.25) is 5.91 Å². The number of ether oxygens (including phenoxy) is 1. The quantitative estimate of drug-likeness (QED) is 0.562. The van der Waals surface area contributed by atoms with E-state index >= 15 is 0 Å². The van der Waals surface area contributed by atoms with Crippen LogP contribution < -0.4 is 10.1 Å². The lowest BCUT2D eigenvalue weighted by atomic mass is 10.2. The lowest BCUT2D eigenvalue weighted by molar-refractivity contribution is -0.121. The number of rotatable bonds is 6. The van der Waals surface area contributed by atoms with Crippen LogP contribution in [0.3, 0.4) is 0 Å². The molecule has 2 N–H and O–H groups in total. The number of nitrogens with one attached hydrogen (secondary N) is 2. The Labute approximate surface area is 150 Å². The maximum absolute atomic E-state index is 12.2. The van der Waals surface area contributed by atoms with Crippen molar-refractivity contribution in [2.45, 2.75) is 19.5 Å². The summed E-state index contributed by atoms with van der Waals surface area (Å²) in [6, 6.07) is 15.8. The molecule has 0 aliphatic rings. The number of aromatic amines is 1. The number of hydrogen-bond donors (Lipinski definition) is 2. The van der Waals surface area contributed by atoms with E-state index in [-0.39, 0.29) is 5.91 Å². The molecule has 0 aliphatic heterocycles. The smallest absolute Gasteiger partial charge is 0.222 e. The molecular weight excluding hydrogens is 328 g/mol. The van der Waals surface area contributed by atoms with Gasteiger partial charge >= 0.3 is 0 Å². The third-order valence-electron chi connectivity index (χ3n) is 4.45. The number of aromatic nitrogens is 3. The molecule has 0 saturated carbocycles. The number of aryl methyl sites for hydroxylation is 1. The van der Waals surface area contributed by atoms with Gasteiger partial charge < -0.3 is 19.6 Å². The Bertz CT molecular complexity index is 1030. The second-order valence-electron chi connectivity index (χ2n) is 6.16. The first kappa shape index (κ1) is 16.2. The SMILES string of the molecule is COc1ccc2c(ccn2CCC(=O)NCc2nc3ccccc3[nH]2)c1. The van der Waals surface area contributed by atoms with Crippen LogP contribution in [0.4, 0.5) is 0 Å². The highest BCUT2D eigenvalue weighted by Crippen LogP contribution is 2.22. The van der Waals surface area contributed by atoms with Crippen LogP contribution in [0.5, 0.6) is 5.75 Å². The Morgan fingerprint density at radius 3 is 2.96 bits per heavy atom. The van der Waals surface area contributed by atoms with Crippen LogP contribution >= 0.6 is 0 Å². The highest BCUT2D eigenvalue weighted by Gasteiger charge is 2.07. The molecule has 1 amide bonds. The largest absolute Gasteiger partial charge is 0.497 e. The van der Waals surface area contributed by atoms with Crippen LogP contribution in [0.1, 0.15) is 12.2 Å². The predicted octanol–water partition coefficient (Wildman–Crippen LogP) is 3.23. The van der Waals surface area contributed by atoms with E-state index in [1.165, 1.54) is 0 Å². The number of carbonyl (C=O) groups is 1. The first-order valence-electron chi connectivity index (χ1n) is 8.56. The van der Waals surface area contributed by atoms with Gasteiger partial charge in [0.15, 0.2) is 0 Å². The number of para-hydroxylation sites is 2. The van der Waals surface area contributed by atoms with Gasteiger partial charge in [-0.1, -0.05) is 12.1 Å². The zero-order chi connectivity index (χ0) is 17.9. The summed E-state index contributed by atoms with van der Waals surface area (Å²) in [5.41, 5.74) is 2.98. The minimum Gasteiger partial charge on any atom is -0.497 e. The van der Waals surface area contributed by atoms with E-state index in [4.69, 9.17) is 4.74 Å². The molecule has 26 heavy (non-hydrogen) atoms. The number of fused-ring (bicyclic) bond motifs is 2. The summed E-state index contributed by atoms with van der Waals surface area (Å²) in [7, 11) is 1.66. The summed E-state index contributed by atoms with van der Waals surface area (Å²) in [4.78, 5) is 19.9. The average Bonchev–Trinajstić information content (AvgIpc) is 3.27. The number of hydrogen-bond acceptors (Lipinski definition) is 3. The van der Waals surface area contributed by atoms with Crippen LogP contribution in [-0.4, -0.2) is 27.6 Å². The molecule has 0 aliphatic carbocycles. The van der Waals surface area contributed by atoms with Gasteiger partial charge in [-0.25, -0.2) is 4.98 Å². The fourth-order valence-electron chi connectivity index (χ4n) is 3.08. The highest BCUT2D eigenvalue weighted by atomic mass is 16.5. The van der Waals surface area contributed by atoms with Crippen molar-refractivity contribution in [3.05, 3.63) is 60.6 Å². The molecule has 0 fully saturated rings. The number of carbonyl (C=O) groups excluding carboxylic acids is 1. The molecule has 0 atom stereocenters. The summed E-state index contributed by atoms with van der Waals surface area (Å²) < 4.78 is 7.32. The molecule has 0 unspecified atom stereocenters. The number of nitrogens with zero attached hydrogens (tertiary/aromatic N) is 2. The monoisotopic (exact) mass is 348 g/mol. The zero-order valence-corrected chi connectivity index (χ0v) is 14.5. The second kappa shape index (κ2) is 6.92. The highest BCUT2D eigenvalue weighted by molar-refractivity contribution is 5.82. The Hall–Kier alpha value is -3.28. The van der Waals surface area contributed by atoms with Crippen LogP contribution in [0.15, 0.2) is 54.7 Å². The minimum absolute atomic E-state index is 0.000757. The van der Waals surface area contributed by atoms with E-state index in [2.05, 4.69) is 19.9 Å². The van der Waals surface area contributed by atoms with Crippen molar-refractivity contribution in [1.82, 2.24) is 19.9 Å². The van der Waals surface area contributed by atoms with Crippen molar-refractivity contribution in [3.8, 4) is 5.75 Å². The zero-order valence-electron chi connectivity index (χ0n) is 14.5. The van der Waals surface area contributed by atoms with E-state index in [1.807, 2.05) is 54.7 Å². The normalized spacial score (nSPS) is 11.1. The lowest BCUT2D eigenvalue weighted by Gasteiger charge is -2.07. The van der Waals surface area contributed by atoms with Crippen LogP contribution in [0.25, 0.3) is 21.9 Å². The fourth-order valence-corrected chi connectivity index (χ4v) is 3.08. The molecule has 132 valence electrons. The van der Waals surface area contributed by atoms with E-state index in [0.717, 1.165) is 33.5 Å². The van der Waals surface area contributed by atoms with Gasteiger partial charge in [0, 0.05) is 30.1 Å². The molecule has 0 bridgehead atoms. The lowest BCUT2D eigenvalue weighted by Crippen LogP contribution is -2.24. The van der Waals surface area contributed by atoms with Crippen molar-refractivity contribution >= 4 is 27.8 Å². The van der Waals surface area contributed by atoms with Gasteiger partial charge in [-0.15, -0.1) is 0 Å². The Morgan fingerprint density at radius 1 is 1.23 bits per heavy atom. The number of amides is 1. The molecule has 0 saturated heterocycles. The molecule has 4 aromatic rings. The maximum Gasteiger partial charge on any atom is 0.222 e. The van der Waals surface area contributed by atoms with E-state index in [0.29, 0.717) is 19.5 Å². The summed E-state index contributed by atoms with van der Waals surface area (Å²) in [5, 5.41) is 4.03. The van der Waals surface area contributed by atoms with Gasteiger partial charge in [0.25, 0.3) is 0 Å². The summed E-state index contributed by atoms with van der Waals surface area (Å²) >= 11 is 0. The van der Waals surface area contributed by atoms with Crippen LogP contribution in [0.2, 0.25) is 0 Å².